The quantitative estimate of drug-likeness (QED) is 0.534. The average Bonchev–Trinajstić information content (AvgIpc) is 3.17. The molecule has 4 aromatic rings. The zero-order valence-corrected chi connectivity index (χ0v) is 13.4. The fourth-order valence-corrected chi connectivity index (χ4v) is 3.04. The second-order valence-electron chi connectivity index (χ2n) is 5.75. The van der Waals surface area contributed by atoms with Gasteiger partial charge in [0.05, 0.1) is 22.6 Å². The average molecular weight is 333 g/mol. The predicted octanol–water partition coefficient (Wildman–Crippen LogP) is 2.91. The first kappa shape index (κ1) is 14.9. The van der Waals surface area contributed by atoms with Crippen LogP contribution in [0, 0.1) is 0 Å². The number of benzene rings is 1. The van der Waals surface area contributed by atoms with E-state index in [1.54, 1.807) is 12.1 Å². The highest BCUT2D eigenvalue weighted by Gasteiger charge is 2.20. The van der Waals surface area contributed by atoms with Gasteiger partial charge in [0.25, 0.3) is 0 Å². The Kier molecular flexibility index (Phi) is 3.28. The summed E-state index contributed by atoms with van der Waals surface area (Å²) in [6.07, 6.45) is 3.46. The minimum absolute atomic E-state index is 0.135. The number of hydrogen-bond donors (Lipinski definition) is 3. The van der Waals surface area contributed by atoms with E-state index in [0.717, 1.165) is 16.5 Å². The molecule has 7 nitrogen and oxygen atoms in total. The molecule has 0 aliphatic heterocycles. The van der Waals surface area contributed by atoms with Crippen molar-refractivity contribution in [1.29, 1.82) is 0 Å². The fourth-order valence-electron chi connectivity index (χ4n) is 3.04. The van der Waals surface area contributed by atoms with Crippen LogP contribution in [0.25, 0.3) is 33.5 Å². The summed E-state index contributed by atoms with van der Waals surface area (Å²) in [6.45, 7) is 0. The van der Waals surface area contributed by atoms with Crippen molar-refractivity contribution in [2.24, 2.45) is 7.05 Å². The van der Waals surface area contributed by atoms with Crippen molar-refractivity contribution in [2.45, 2.75) is 0 Å². The van der Waals surface area contributed by atoms with Crippen LogP contribution < -0.4 is 5.73 Å². The van der Waals surface area contributed by atoms with Crippen molar-refractivity contribution < 1.29 is 9.90 Å². The van der Waals surface area contributed by atoms with Crippen LogP contribution in [0.1, 0.15) is 10.4 Å². The Morgan fingerprint density at radius 2 is 2.08 bits per heavy atom. The zero-order chi connectivity index (χ0) is 17.6. The lowest BCUT2D eigenvalue weighted by atomic mass is 10.1. The summed E-state index contributed by atoms with van der Waals surface area (Å²) in [7, 11) is 1.93. The van der Waals surface area contributed by atoms with Crippen LogP contribution >= 0.6 is 0 Å². The molecule has 0 fully saturated rings. The molecule has 0 radical (unpaired) electrons. The molecule has 0 unspecified atom stereocenters. The Labute approximate surface area is 142 Å². The number of nitrogens with two attached hydrogens (primary N) is 1. The van der Waals surface area contributed by atoms with Crippen LogP contribution in [0.3, 0.4) is 0 Å². The molecule has 0 amide bonds. The molecule has 0 atom stereocenters. The van der Waals surface area contributed by atoms with E-state index >= 15 is 0 Å². The molecular formula is C18H15N5O2. The number of anilines is 1. The van der Waals surface area contributed by atoms with Gasteiger partial charge in [0.1, 0.15) is 0 Å². The minimum Gasteiger partial charge on any atom is -0.478 e. The number of nitrogens with zero attached hydrogens (tertiary/aromatic N) is 3. The lowest BCUT2D eigenvalue weighted by molar-refractivity contribution is 0.0698. The normalized spacial score (nSPS) is 11.1. The second-order valence-corrected chi connectivity index (χ2v) is 5.75. The molecule has 4 rings (SSSR count). The lowest BCUT2D eigenvalue weighted by Gasteiger charge is -2.00. The highest BCUT2D eigenvalue weighted by atomic mass is 16.4. The summed E-state index contributed by atoms with van der Waals surface area (Å²) in [4.78, 5) is 23.0. The number of carbonyl (C=O) groups is 1. The molecule has 0 aliphatic rings. The third-order valence-corrected chi connectivity index (χ3v) is 4.16. The van der Waals surface area contributed by atoms with E-state index < -0.39 is 5.97 Å². The van der Waals surface area contributed by atoms with Gasteiger partial charge in [0.2, 0.25) is 5.95 Å². The van der Waals surface area contributed by atoms with Crippen LogP contribution in [0.5, 0.6) is 0 Å². The first-order valence-electron chi connectivity index (χ1n) is 7.64. The van der Waals surface area contributed by atoms with Gasteiger partial charge in [-0.05, 0) is 18.2 Å². The van der Waals surface area contributed by atoms with Gasteiger partial charge in [-0.2, -0.15) is 0 Å². The number of nitrogen functional groups attached to an aromatic ring is 1. The number of nitrogens with one attached hydrogen (secondary N) is 1. The summed E-state index contributed by atoms with van der Waals surface area (Å²) in [6, 6.07) is 11.1. The Balaban J connectivity index is 1.96. The maximum absolute atomic E-state index is 11.8. The van der Waals surface area contributed by atoms with E-state index in [9.17, 15) is 9.90 Å². The molecule has 0 bridgehead atoms. The van der Waals surface area contributed by atoms with Crippen molar-refractivity contribution in [3.63, 3.8) is 0 Å². The second kappa shape index (κ2) is 5.48. The summed E-state index contributed by atoms with van der Waals surface area (Å²) in [5.74, 6) is -0.872. The van der Waals surface area contributed by atoms with E-state index in [1.807, 2.05) is 42.1 Å². The smallest absolute Gasteiger partial charge is 0.337 e. The number of aromatic nitrogens is 4. The summed E-state index contributed by atoms with van der Waals surface area (Å²) >= 11 is 0. The van der Waals surface area contributed by atoms with E-state index in [1.165, 1.54) is 6.20 Å². The van der Waals surface area contributed by atoms with Gasteiger partial charge in [-0.1, -0.05) is 18.2 Å². The van der Waals surface area contributed by atoms with Crippen molar-refractivity contribution in [3.8, 4) is 22.6 Å². The number of aryl methyl sites for hydroxylation is 1. The summed E-state index contributed by atoms with van der Waals surface area (Å²) in [5, 5.41) is 10.6. The van der Waals surface area contributed by atoms with Crippen LogP contribution in [-0.4, -0.2) is 30.6 Å². The van der Waals surface area contributed by atoms with E-state index in [-0.39, 0.29) is 11.5 Å². The number of carboxylic acid groups (broad SMARTS) is 1. The van der Waals surface area contributed by atoms with Gasteiger partial charge < -0.3 is 20.4 Å². The number of carboxylic acids is 1. The van der Waals surface area contributed by atoms with Gasteiger partial charge in [0.15, 0.2) is 0 Å². The number of H-pyrrole nitrogens is 1. The number of fused-ring (bicyclic) bond motifs is 1. The Morgan fingerprint density at radius 1 is 1.28 bits per heavy atom. The summed E-state index contributed by atoms with van der Waals surface area (Å²) in [5.41, 5.74) is 9.32. The lowest BCUT2D eigenvalue weighted by Crippen LogP contribution is -1.96. The van der Waals surface area contributed by atoms with E-state index in [2.05, 4.69) is 15.0 Å². The predicted molar refractivity (Wildman–Crippen MR) is 95.1 cm³/mol. The van der Waals surface area contributed by atoms with E-state index in [0.29, 0.717) is 17.1 Å². The molecule has 7 heteroatoms. The number of aromatic carboxylic acids is 1. The highest BCUT2D eigenvalue weighted by Crippen LogP contribution is 2.34. The monoisotopic (exact) mass is 333 g/mol. The Bertz CT molecular complexity index is 1110. The number of aromatic amines is 1. The van der Waals surface area contributed by atoms with Crippen LogP contribution in [0.15, 0.2) is 48.8 Å². The topological polar surface area (TPSA) is 110 Å². The number of para-hydroxylation sites is 1. The van der Waals surface area contributed by atoms with Crippen LogP contribution in [-0.2, 0) is 7.05 Å². The standard InChI is InChI=1S/C18H15N5O2/c1-23-9-12(10-4-2-3-5-15(10)23)16-11(17(24)25)8-14(21-16)13-6-7-20-18(19)22-13/h2-9,21H,1H3,(H,24,25)(H2,19,20,22). The molecule has 25 heavy (non-hydrogen) atoms. The van der Waals surface area contributed by atoms with Gasteiger partial charge >= 0.3 is 5.97 Å². The van der Waals surface area contributed by atoms with Crippen LogP contribution in [0.2, 0.25) is 0 Å². The number of rotatable bonds is 3. The molecule has 124 valence electrons. The van der Waals surface area contributed by atoms with Crippen molar-refractivity contribution in [1.82, 2.24) is 19.5 Å². The molecule has 4 N–H and O–H groups in total. The summed E-state index contributed by atoms with van der Waals surface area (Å²) < 4.78 is 1.97. The third-order valence-electron chi connectivity index (χ3n) is 4.16. The molecule has 1 aromatic carbocycles. The molecule has 3 aromatic heterocycles. The molecule has 0 aliphatic carbocycles. The van der Waals surface area contributed by atoms with Crippen molar-refractivity contribution >= 4 is 22.8 Å². The maximum Gasteiger partial charge on any atom is 0.337 e. The fraction of sp³-hybridized carbons (Fsp3) is 0.0556. The first-order valence-corrected chi connectivity index (χ1v) is 7.64. The molecular weight excluding hydrogens is 318 g/mol. The van der Waals surface area contributed by atoms with Crippen LogP contribution in [0.4, 0.5) is 5.95 Å². The van der Waals surface area contributed by atoms with Gasteiger partial charge in [-0.25, -0.2) is 14.8 Å². The molecule has 3 heterocycles. The molecule has 0 saturated carbocycles. The Hall–Kier alpha value is -3.61. The molecule has 0 spiro atoms. The SMILES string of the molecule is Cn1cc(-c2[nH]c(-c3ccnc(N)n3)cc2C(=O)O)c2ccccc21. The zero-order valence-electron chi connectivity index (χ0n) is 13.4. The number of hydrogen-bond acceptors (Lipinski definition) is 4. The molecule has 0 saturated heterocycles. The van der Waals surface area contributed by atoms with Crippen molar-refractivity contribution in [2.75, 3.05) is 5.73 Å². The van der Waals surface area contributed by atoms with E-state index in [4.69, 9.17) is 5.73 Å². The third kappa shape index (κ3) is 2.42. The first-order chi connectivity index (χ1) is 12.0. The van der Waals surface area contributed by atoms with Gasteiger partial charge in [0, 0.05) is 35.9 Å². The largest absolute Gasteiger partial charge is 0.478 e. The Morgan fingerprint density at radius 3 is 2.84 bits per heavy atom. The maximum atomic E-state index is 11.8. The minimum atomic E-state index is -1.01. The highest BCUT2D eigenvalue weighted by molar-refractivity contribution is 6.03. The van der Waals surface area contributed by atoms with Gasteiger partial charge in [-0.15, -0.1) is 0 Å². The van der Waals surface area contributed by atoms with Gasteiger partial charge in [-0.3, -0.25) is 0 Å². The van der Waals surface area contributed by atoms with Crippen molar-refractivity contribution in [3.05, 3.63) is 54.4 Å².